The molecule has 1 unspecified atom stereocenters. The van der Waals surface area contributed by atoms with E-state index in [1.165, 1.54) is 22.9 Å². The first-order valence-electron chi connectivity index (χ1n) is 9.16. The lowest BCUT2D eigenvalue weighted by molar-refractivity contribution is -0.137. The highest BCUT2D eigenvalue weighted by atomic mass is 16.5. The van der Waals surface area contributed by atoms with Crippen LogP contribution < -0.4 is 10.5 Å². The number of carbonyl (C=O) groups is 2. The van der Waals surface area contributed by atoms with Crippen LogP contribution in [-0.2, 0) is 4.79 Å². The van der Waals surface area contributed by atoms with Crippen molar-refractivity contribution in [1.82, 2.24) is 19.7 Å². The molecule has 152 valence electrons. The van der Waals surface area contributed by atoms with E-state index in [2.05, 4.69) is 21.9 Å². The molecule has 2 aromatic heterocycles. The number of ether oxygens (including phenoxy) is 1. The van der Waals surface area contributed by atoms with Gasteiger partial charge >= 0.3 is 0 Å². The van der Waals surface area contributed by atoms with Crippen molar-refractivity contribution in [2.24, 2.45) is 5.73 Å². The predicted molar refractivity (Wildman–Crippen MR) is 108 cm³/mol. The minimum Gasteiger partial charge on any atom is -0.495 e. The summed E-state index contributed by atoms with van der Waals surface area (Å²) in [5.41, 5.74) is 5.47. The molecule has 1 atom stereocenters. The number of likely N-dealkylation sites (tertiary alicyclic amines) is 1. The van der Waals surface area contributed by atoms with Crippen LogP contribution in [0.4, 0.5) is 0 Å². The highest BCUT2D eigenvalue weighted by molar-refractivity contribution is 6.03. The standard InChI is InChI=1S/C21H19N5O4/c1-25-9-8-21(29,20(25)28)7-6-13-4-3-5-14(10-13)26-19-16(17(24-26)18(22)27)11-15(30-2)12-23-19/h3-5,10-12,29H,8-9H2,1-2H3,(H2,22,27). The number of nitrogens with two attached hydrogens (primary N) is 1. The third-order valence-corrected chi connectivity index (χ3v) is 4.98. The smallest absolute Gasteiger partial charge is 0.269 e. The van der Waals surface area contributed by atoms with Crippen LogP contribution in [0.1, 0.15) is 22.5 Å². The van der Waals surface area contributed by atoms with Gasteiger partial charge in [-0.05, 0) is 24.3 Å². The number of likely N-dealkylation sites (N-methyl/N-ethyl adjacent to an activating group) is 1. The van der Waals surface area contributed by atoms with Gasteiger partial charge in [-0.1, -0.05) is 17.9 Å². The van der Waals surface area contributed by atoms with Crippen molar-refractivity contribution in [2.75, 3.05) is 20.7 Å². The molecule has 9 nitrogen and oxygen atoms in total. The second kappa shape index (κ2) is 7.17. The second-order valence-electron chi connectivity index (χ2n) is 7.01. The summed E-state index contributed by atoms with van der Waals surface area (Å²) in [7, 11) is 3.13. The summed E-state index contributed by atoms with van der Waals surface area (Å²) in [6.45, 7) is 0.453. The van der Waals surface area contributed by atoms with Crippen molar-refractivity contribution < 1.29 is 19.4 Å². The van der Waals surface area contributed by atoms with Gasteiger partial charge in [0.05, 0.1) is 24.4 Å². The summed E-state index contributed by atoms with van der Waals surface area (Å²) in [6.07, 6.45) is 1.78. The number of benzene rings is 1. The summed E-state index contributed by atoms with van der Waals surface area (Å²) in [6, 6.07) is 8.65. The monoisotopic (exact) mass is 405 g/mol. The van der Waals surface area contributed by atoms with Gasteiger partial charge in [-0.3, -0.25) is 9.59 Å². The number of methoxy groups -OCH3 is 1. The van der Waals surface area contributed by atoms with E-state index in [0.29, 0.717) is 34.6 Å². The molecule has 0 saturated carbocycles. The van der Waals surface area contributed by atoms with Crippen LogP contribution in [0.3, 0.4) is 0 Å². The molecule has 0 spiro atoms. The van der Waals surface area contributed by atoms with Crippen LogP contribution in [0, 0.1) is 11.8 Å². The number of hydrogen-bond donors (Lipinski definition) is 2. The fourth-order valence-corrected chi connectivity index (χ4v) is 3.32. The molecular formula is C21H19N5O4. The number of nitrogens with zero attached hydrogens (tertiary/aromatic N) is 4. The molecule has 4 rings (SSSR count). The quantitative estimate of drug-likeness (QED) is 0.611. The lowest BCUT2D eigenvalue weighted by atomic mass is 10.0. The fraction of sp³-hybridized carbons (Fsp3) is 0.238. The Balaban J connectivity index is 1.77. The van der Waals surface area contributed by atoms with Gasteiger partial charge in [0.2, 0.25) is 5.60 Å². The Bertz CT molecular complexity index is 1240. The Morgan fingerprint density at radius 3 is 2.83 bits per heavy atom. The maximum atomic E-state index is 12.1. The summed E-state index contributed by atoms with van der Waals surface area (Å²) in [5.74, 6) is 4.93. The number of amides is 2. The molecule has 2 amide bonds. The van der Waals surface area contributed by atoms with Crippen LogP contribution in [0.2, 0.25) is 0 Å². The van der Waals surface area contributed by atoms with E-state index in [-0.39, 0.29) is 12.1 Å². The number of carbonyl (C=O) groups excluding carboxylic acids is 2. The van der Waals surface area contributed by atoms with Gasteiger partial charge in [0, 0.05) is 25.6 Å². The van der Waals surface area contributed by atoms with E-state index in [1.54, 1.807) is 37.4 Å². The Labute approximate surface area is 172 Å². The van der Waals surface area contributed by atoms with E-state index in [4.69, 9.17) is 10.5 Å². The Hall–Kier alpha value is -3.90. The van der Waals surface area contributed by atoms with Crippen molar-refractivity contribution in [3.8, 4) is 23.3 Å². The second-order valence-corrected chi connectivity index (χ2v) is 7.01. The van der Waals surface area contributed by atoms with Crippen molar-refractivity contribution in [2.45, 2.75) is 12.0 Å². The third-order valence-electron chi connectivity index (χ3n) is 4.98. The number of hydrogen-bond acceptors (Lipinski definition) is 6. The summed E-state index contributed by atoms with van der Waals surface area (Å²) in [4.78, 5) is 29.8. The fourth-order valence-electron chi connectivity index (χ4n) is 3.32. The molecule has 1 aliphatic heterocycles. The van der Waals surface area contributed by atoms with Crippen LogP contribution in [0.25, 0.3) is 16.7 Å². The van der Waals surface area contributed by atoms with Gasteiger partial charge in [-0.15, -0.1) is 0 Å². The van der Waals surface area contributed by atoms with Gasteiger partial charge < -0.3 is 20.5 Å². The van der Waals surface area contributed by atoms with Gasteiger partial charge in [0.15, 0.2) is 11.3 Å². The molecule has 0 aliphatic carbocycles. The molecule has 3 heterocycles. The van der Waals surface area contributed by atoms with Gasteiger partial charge in [0.1, 0.15) is 5.75 Å². The molecule has 0 bridgehead atoms. The highest BCUT2D eigenvalue weighted by Gasteiger charge is 2.42. The topological polar surface area (TPSA) is 124 Å². The molecule has 1 saturated heterocycles. The van der Waals surface area contributed by atoms with Crippen LogP contribution in [0.15, 0.2) is 36.5 Å². The average molecular weight is 405 g/mol. The molecule has 1 aliphatic rings. The lowest BCUT2D eigenvalue weighted by Gasteiger charge is -2.13. The number of aliphatic hydroxyl groups is 1. The van der Waals surface area contributed by atoms with Gasteiger partial charge in [0.25, 0.3) is 11.8 Å². The summed E-state index contributed by atoms with van der Waals surface area (Å²) >= 11 is 0. The predicted octanol–water partition coefficient (Wildman–Crippen LogP) is 0.473. The maximum Gasteiger partial charge on any atom is 0.269 e. The normalized spacial score (nSPS) is 18.4. The van der Waals surface area contributed by atoms with Crippen molar-refractivity contribution in [1.29, 1.82) is 0 Å². The Morgan fingerprint density at radius 2 is 2.17 bits per heavy atom. The molecule has 9 heteroatoms. The Kier molecular flexibility index (Phi) is 4.64. The van der Waals surface area contributed by atoms with E-state index < -0.39 is 17.4 Å². The zero-order valence-electron chi connectivity index (χ0n) is 16.4. The average Bonchev–Trinajstić information content (AvgIpc) is 3.26. The molecule has 3 N–H and O–H groups in total. The zero-order chi connectivity index (χ0) is 21.5. The first-order valence-corrected chi connectivity index (χ1v) is 9.16. The van der Waals surface area contributed by atoms with Crippen molar-refractivity contribution in [3.05, 3.63) is 47.8 Å². The van der Waals surface area contributed by atoms with Crippen molar-refractivity contribution in [3.63, 3.8) is 0 Å². The number of aromatic nitrogens is 3. The molecule has 3 aromatic rings. The number of primary amides is 1. The van der Waals surface area contributed by atoms with Crippen molar-refractivity contribution >= 4 is 22.8 Å². The number of pyridine rings is 1. The minimum absolute atomic E-state index is 0.0711. The van der Waals surface area contributed by atoms with Crippen LogP contribution in [-0.4, -0.2) is 62.9 Å². The third kappa shape index (κ3) is 3.23. The highest BCUT2D eigenvalue weighted by Crippen LogP contribution is 2.25. The maximum absolute atomic E-state index is 12.1. The summed E-state index contributed by atoms with van der Waals surface area (Å²) < 4.78 is 6.66. The minimum atomic E-state index is -1.68. The summed E-state index contributed by atoms with van der Waals surface area (Å²) in [5, 5.41) is 15.3. The number of rotatable bonds is 3. The zero-order valence-corrected chi connectivity index (χ0v) is 16.4. The van der Waals surface area contributed by atoms with Gasteiger partial charge in [-0.2, -0.15) is 5.10 Å². The van der Waals surface area contributed by atoms with Crippen LogP contribution in [0.5, 0.6) is 5.75 Å². The Morgan fingerprint density at radius 1 is 1.37 bits per heavy atom. The first-order chi connectivity index (χ1) is 14.3. The molecule has 1 fully saturated rings. The first kappa shape index (κ1) is 19.4. The molecule has 1 aromatic carbocycles. The van der Waals surface area contributed by atoms with E-state index in [0.717, 1.165) is 0 Å². The SMILES string of the molecule is COc1cnc2c(c1)c(C(N)=O)nn2-c1cccc(C#CC2(O)CCN(C)C2=O)c1. The molecule has 0 radical (unpaired) electrons. The van der Waals surface area contributed by atoms with E-state index in [1.807, 2.05) is 0 Å². The molecular weight excluding hydrogens is 386 g/mol. The van der Waals surface area contributed by atoms with Gasteiger partial charge in [-0.25, -0.2) is 9.67 Å². The number of fused-ring (bicyclic) bond motifs is 1. The van der Waals surface area contributed by atoms with E-state index >= 15 is 0 Å². The van der Waals surface area contributed by atoms with Crippen LogP contribution >= 0.6 is 0 Å². The molecule has 30 heavy (non-hydrogen) atoms. The largest absolute Gasteiger partial charge is 0.495 e. The lowest BCUT2D eigenvalue weighted by Crippen LogP contribution is -2.37. The van der Waals surface area contributed by atoms with E-state index in [9.17, 15) is 14.7 Å².